The lowest BCUT2D eigenvalue weighted by atomic mass is 10.0. The van der Waals surface area contributed by atoms with Crippen molar-refractivity contribution in [1.29, 1.82) is 0 Å². The predicted octanol–water partition coefficient (Wildman–Crippen LogP) is 4.79. The van der Waals surface area contributed by atoms with Crippen molar-refractivity contribution < 1.29 is 0 Å². The Morgan fingerprint density at radius 1 is 0.958 bits per heavy atom. The molecule has 5 nitrogen and oxygen atoms in total. The summed E-state index contributed by atoms with van der Waals surface area (Å²) in [6.07, 6.45) is 1.62. The highest BCUT2D eigenvalue weighted by atomic mass is 15.3. The zero-order valence-corrected chi connectivity index (χ0v) is 14.1. The van der Waals surface area contributed by atoms with E-state index >= 15 is 0 Å². The first-order valence-electron chi connectivity index (χ1n) is 8.01. The second-order valence-electron chi connectivity index (χ2n) is 6.03. The number of nitrogens with zero attached hydrogens (tertiary/aromatic N) is 3. The van der Waals surface area contributed by atoms with Crippen LogP contribution in [0.4, 0.5) is 23.1 Å². The van der Waals surface area contributed by atoms with Gasteiger partial charge < -0.3 is 10.6 Å². The molecule has 0 amide bonds. The third-order valence-electron chi connectivity index (χ3n) is 3.68. The van der Waals surface area contributed by atoms with Crippen LogP contribution in [0.25, 0.3) is 0 Å². The molecule has 0 aliphatic carbocycles. The maximum atomic E-state index is 4.50. The molecule has 0 aliphatic heterocycles. The van der Waals surface area contributed by atoms with E-state index in [2.05, 4.69) is 45.7 Å². The first-order chi connectivity index (χ1) is 11.6. The molecule has 0 saturated carbocycles. The van der Waals surface area contributed by atoms with Crippen LogP contribution in [0.5, 0.6) is 0 Å². The van der Waals surface area contributed by atoms with E-state index in [0.29, 0.717) is 17.7 Å². The van der Waals surface area contributed by atoms with E-state index in [0.717, 1.165) is 11.4 Å². The van der Waals surface area contributed by atoms with Crippen molar-refractivity contribution in [2.45, 2.75) is 26.7 Å². The SMILES string of the molecule is Cc1cccc(Nc2nncc(Nc3ccccc3C(C)C)n2)c1. The van der Waals surface area contributed by atoms with Crippen molar-refractivity contribution in [2.24, 2.45) is 0 Å². The quantitative estimate of drug-likeness (QED) is 0.708. The van der Waals surface area contributed by atoms with Gasteiger partial charge in [-0.3, -0.25) is 0 Å². The van der Waals surface area contributed by atoms with Gasteiger partial charge in [0.25, 0.3) is 0 Å². The molecular weight excluding hydrogens is 298 g/mol. The summed E-state index contributed by atoms with van der Waals surface area (Å²) in [6, 6.07) is 16.3. The Bertz CT molecular complexity index is 829. The van der Waals surface area contributed by atoms with Crippen LogP contribution in [0.1, 0.15) is 30.9 Å². The smallest absolute Gasteiger partial charge is 0.249 e. The zero-order chi connectivity index (χ0) is 16.9. The minimum absolute atomic E-state index is 0.424. The molecule has 0 spiro atoms. The maximum absolute atomic E-state index is 4.50. The van der Waals surface area contributed by atoms with E-state index in [1.807, 2.05) is 49.4 Å². The number of rotatable bonds is 5. The van der Waals surface area contributed by atoms with Crippen molar-refractivity contribution in [3.05, 3.63) is 65.9 Å². The minimum Gasteiger partial charge on any atom is -0.339 e. The van der Waals surface area contributed by atoms with Gasteiger partial charge in [-0.25, -0.2) is 0 Å². The summed E-state index contributed by atoms with van der Waals surface area (Å²) in [5.41, 5.74) is 4.39. The molecule has 24 heavy (non-hydrogen) atoms. The van der Waals surface area contributed by atoms with Gasteiger partial charge in [-0.1, -0.05) is 44.2 Å². The number of aromatic nitrogens is 3. The number of nitrogens with one attached hydrogen (secondary N) is 2. The Kier molecular flexibility index (Phi) is 4.70. The van der Waals surface area contributed by atoms with Gasteiger partial charge in [-0.2, -0.15) is 10.1 Å². The molecule has 3 rings (SSSR count). The van der Waals surface area contributed by atoms with Gasteiger partial charge in [-0.05, 0) is 42.2 Å². The Hall–Kier alpha value is -2.95. The molecule has 1 heterocycles. The lowest BCUT2D eigenvalue weighted by Crippen LogP contribution is -2.04. The molecular formula is C19H21N5. The molecule has 0 unspecified atom stereocenters. The van der Waals surface area contributed by atoms with Crippen molar-refractivity contribution in [3.63, 3.8) is 0 Å². The fourth-order valence-electron chi connectivity index (χ4n) is 2.52. The summed E-state index contributed by atoms with van der Waals surface area (Å²) in [5, 5.41) is 14.6. The largest absolute Gasteiger partial charge is 0.339 e. The third-order valence-corrected chi connectivity index (χ3v) is 3.68. The van der Waals surface area contributed by atoms with E-state index in [9.17, 15) is 0 Å². The number of anilines is 4. The van der Waals surface area contributed by atoms with Gasteiger partial charge in [0.1, 0.15) is 0 Å². The van der Waals surface area contributed by atoms with E-state index in [1.54, 1.807) is 6.20 Å². The molecule has 0 saturated heterocycles. The molecule has 1 aromatic heterocycles. The second kappa shape index (κ2) is 7.08. The number of aryl methyl sites for hydroxylation is 1. The summed E-state index contributed by atoms with van der Waals surface area (Å²) >= 11 is 0. The lowest BCUT2D eigenvalue weighted by Gasteiger charge is -2.14. The van der Waals surface area contributed by atoms with Crippen LogP contribution in [0.3, 0.4) is 0 Å². The maximum Gasteiger partial charge on any atom is 0.249 e. The summed E-state index contributed by atoms with van der Waals surface area (Å²) in [4.78, 5) is 4.50. The third kappa shape index (κ3) is 3.87. The van der Waals surface area contributed by atoms with Gasteiger partial charge in [0, 0.05) is 11.4 Å². The number of benzene rings is 2. The standard InChI is InChI=1S/C19H21N5/c1-13(2)16-9-4-5-10-17(16)22-18-12-20-24-19(23-18)21-15-8-6-7-14(3)11-15/h4-13H,1-3H3,(H2,21,22,23,24). The summed E-state index contributed by atoms with van der Waals surface area (Å²) in [7, 11) is 0. The molecule has 3 aromatic rings. The van der Waals surface area contributed by atoms with Gasteiger partial charge in [0.05, 0.1) is 6.20 Å². The minimum atomic E-state index is 0.424. The molecule has 0 fully saturated rings. The first kappa shape index (κ1) is 15.9. The molecule has 122 valence electrons. The van der Waals surface area contributed by atoms with Gasteiger partial charge in [0.2, 0.25) is 5.95 Å². The zero-order valence-electron chi connectivity index (χ0n) is 14.1. The normalized spacial score (nSPS) is 10.7. The van der Waals surface area contributed by atoms with Crippen LogP contribution in [0.2, 0.25) is 0 Å². The van der Waals surface area contributed by atoms with Gasteiger partial charge >= 0.3 is 0 Å². The Morgan fingerprint density at radius 3 is 2.58 bits per heavy atom. The summed E-state index contributed by atoms with van der Waals surface area (Å²) in [5.74, 6) is 1.55. The molecule has 0 bridgehead atoms. The highest BCUT2D eigenvalue weighted by Gasteiger charge is 2.08. The molecule has 0 atom stereocenters. The molecule has 0 radical (unpaired) electrons. The fraction of sp³-hybridized carbons (Fsp3) is 0.211. The second-order valence-corrected chi connectivity index (χ2v) is 6.03. The topological polar surface area (TPSA) is 62.7 Å². The molecule has 5 heteroatoms. The number of hydrogen-bond donors (Lipinski definition) is 2. The number of para-hydroxylation sites is 1. The Labute approximate surface area is 142 Å². The van der Waals surface area contributed by atoms with Crippen LogP contribution in [0.15, 0.2) is 54.7 Å². The highest BCUT2D eigenvalue weighted by Crippen LogP contribution is 2.26. The predicted molar refractivity (Wildman–Crippen MR) is 98.1 cm³/mol. The van der Waals surface area contributed by atoms with E-state index in [1.165, 1.54) is 11.1 Å². The summed E-state index contributed by atoms with van der Waals surface area (Å²) < 4.78 is 0. The fourth-order valence-corrected chi connectivity index (χ4v) is 2.52. The molecule has 2 aromatic carbocycles. The average Bonchev–Trinajstić information content (AvgIpc) is 2.55. The van der Waals surface area contributed by atoms with Crippen LogP contribution in [-0.4, -0.2) is 15.2 Å². The highest BCUT2D eigenvalue weighted by molar-refractivity contribution is 5.62. The monoisotopic (exact) mass is 319 g/mol. The average molecular weight is 319 g/mol. The molecule has 2 N–H and O–H groups in total. The summed E-state index contributed by atoms with van der Waals surface area (Å²) in [6.45, 7) is 6.39. The van der Waals surface area contributed by atoms with Gasteiger partial charge in [0.15, 0.2) is 5.82 Å². The van der Waals surface area contributed by atoms with Crippen LogP contribution in [-0.2, 0) is 0 Å². The molecule has 0 aliphatic rings. The Balaban J connectivity index is 1.81. The van der Waals surface area contributed by atoms with E-state index in [4.69, 9.17) is 0 Å². The Morgan fingerprint density at radius 2 is 1.79 bits per heavy atom. The van der Waals surface area contributed by atoms with E-state index < -0.39 is 0 Å². The van der Waals surface area contributed by atoms with Crippen molar-refractivity contribution in [2.75, 3.05) is 10.6 Å². The van der Waals surface area contributed by atoms with E-state index in [-0.39, 0.29) is 0 Å². The van der Waals surface area contributed by atoms with Crippen LogP contribution in [0, 0.1) is 6.92 Å². The van der Waals surface area contributed by atoms with Crippen LogP contribution < -0.4 is 10.6 Å². The lowest BCUT2D eigenvalue weighted by molar-refractivity contribution is 0.868. The van der Waals surface area contributed by atoms with Crippen molar-refractivity contribution in [1.82, 2.24) is 15.2 Å². The number of hydrogen-bond acceptors (Lipinski definition) is 5. The van der Waals surface area contributed by atoms with Crippen LogP contribution >= 0.6 is 0 Å². The first-order valence-corrected chi connectivity index (χ1v) is 8.01. The van der Waals surface area contributed by atoms with Crippen molar-refractivity contribution in [3.8, 4) is 0 Å². The van der Waals surface area contributed by atoms with Crippen molar-refractivity contribution >= 4 is 23.1 Å². The van der Waals surface area contributed by atoms with Gasteiger partial charge in [-0.15, -0.1) is 5.10 Å².